The molecule has 2 rings (SSSR count). The zero-order valence-electron chi connectivity index (χ0n) is 12.6. The Balaban J connectivity index is 2.11. The van der Waals surface area contributed by atoms with Crippen LogP contribution >= 0.6 is 0 Å². The predicted molar refractivity (Wildman–Crippen MR) is 80.6 cm³/mol. The number of likely N-dealkylation sites (tertiary alicyclic amines) is 1. The van der Waals surface area contributed by atoms with Gasteiger partial charge in [-0.05, 0) is 38.1 Å². The predicted octanol–water partition coefficient (Wildman–Crippen LogP) is 1.94. The maximum Gasteiger partial charge on any atom is 0.336 e. The quantitative estimate of drug-likeness (QED) is 0.900. The third kappa shape index (κ3) is 3.42. The van der Waals surface area contributed by atoms with Gasteiger partial charge in [0.1, 0.15) is 0 Å². The molecule has 5 heteroatoms. The van der Waals surface area contributed by atoms with E-state index in [-0.39, 0.29) is 17.0 Å². The van der Waals surface area contributed by atoms with E-state index in [9.17, 15) is 14.7 Å². The Kier molecular flexibility index (Phi) is 4.96. The van der Waals surface area contributed by atoms with Crippen molar-refractivity contribution in [2.45, 2.75) is 25.8 Å². The summed E-state index contributed by atoms with van der Waals surface area (Å²) in [4.78, 5) is 27.7. The van der Waals surface area contributed by atoms with E-state index in [1.165, 1.54) is 6.07 Å². The Labute approximate surface area is 125 Å². The Hall–Kier alpha value is -1.88. The third-order valence-corrected chi connectivity index (χ3v) is 4.12. The molecule has 0 aromatic heterocycles. The summed E-state index contributed by atoms with van der Waals surface area (Å²) in [6.45, 7) is 4.83. The van der Waals surface area contributed by atoms with Crippen LogP contribution in [0, 0.1) is 0 Å². The molecule has 114 valence electrons. The molecule has 1 amide bonds. The first-order chi connectivity index (χ1) is 10.0. The minimum absolute atomic E-state index is 0.0631. The van der Waals surface area contributed by atoms with Gasteiger partial charge in [-0.25, -0.2) is 4.79 Å². The van der Waals surface area contributed by atoms with Crippen LogP contribution < -0.4 is 0 Å². The van der Waals surface area contributed by atoms with Crippen molar-refractivity contribution in [3.8, 4) is 0 Å². The summed E-state index contributed by atoms with van der Waals surface area (Å²) in [6.07, 6.45) is 2.25. The van der Waals surface area contributed by atoms with E-state index in [1.807, 2.05) is 0 Å². The van der Waals surface area contributed by atoms with E-state index in [4.69, 9.17) is 0 Å². The summed E-state index contributed by atoms with van der Waals surface area (Å²) >= 11 is 0. The van der Waals surface area contributed by atoms with E-state index in [0.29, 0.717) is 12.6 Å². The number of likely N-dealkylation sites (N-methyl/N-ethyl adjacent to an activating group) is 2. The highest BCUT2D eigenvalue weighted by atomic mass is 16.4. The van der Waals surface area contributed by atoms with E-state index >= 15 is 0 Å². The SMILES string of the molecule is CCN1CCCC1CN(C)C(=O)c1ccccc1C(=O)O. The van der Waals surface area contributed by atoms with E-state index in [2.05, 4.69) is 11.8 Å². The molecule has 1 unspecified atom stereocenters. The van der Waals surface area contributed by atoms with Crippen LogP contribution in [-0.4, -0.2) is 59.5 Å². The van der Waals surface area contributed by atoms with Crippen molar-refractivity contribution < 1.29 is 14.7 Å². The molecule has 1 heterocycles. The van der Waals surface area contributed by atoms with Gasteiger partial charge in [-0.2, -0.15) is 0 Å². The van der Waals surface area contributed by atoms with E-state index in [1.54, 1.807) is 30.1 Å². The molecule has 1 aromatic rings. The molecule has 1 aliphatic rings. The second kappa shape index (κ2) is 6.72. The van der Waals surface area contributed by atoms with Gasteiger partial charge in [0.15, 0.2) is 0 Å². The smallest absolute Gasteiger partial charge is 0.336 e. The monoisotopic (exact) mass is 290 g/mol. The fourth-order valence-corrected chi connectivity index (χ4v) is 2.98. The second-order valence-electron chi connectivity index (χ2n) is 5.46. The fraction of sp³-hybridized carbons (Fsp3) is 0.500. The van der Waals surface area contributed by atoms with Crippen LogP contribution in [0.5, 0.6) is 0 Å². The minimum Gasteiger partial charge on any atom is -0.478 e. The van der Waals surface area contributed by atoms with Gasteiger partial charge in [0, 0.05) is 19.6 Å². The lowest BCUT2D eigenvalue weighted by molar-refractivity contribution is 0.0675. The van der Waals surface area contributed by atoms with Crippen molar-refractivity contribution in [3.63, 3.8) is 0 Å². The zero-order valence-corrected chi connectivity index (χ0v) is 12.6. The second-order valence-corrected chi connectivity index (χ2v) is 5.46. The van der Waals surface area contributed by atoms with Crippen molar-refractivity contribution in [3.05, 3.63) is 35.4 Å². The van der Waals surface area contributed by atoms with Crippen LogP contribution in [0.25, 0.3) is 0 Å². The Bertz CT molecular complexity index is 530. The average Bonchev–Trinajstić information content (AvgIpc) is 2.93. The normalized spacial score (nSPS) is 18.7. The molecule has 0 spiro atoms. The van der Waals surface area contributed by atoms with Crippen molar-refractivity contribution in [1.29, 1.82) is 0 Å². The largest absolute Gasteiger partial charge is 0.478 e. The molecule has 0 bridgehead atoms. The fourth-order valence-electron chi connectivity index (χ4n) is 2.98. The minimum atomic E-state index is -1.07. The van der Waals surface area contributed by atoms with Crippen molar-refractivity contribution in [1.82, 2.24) is 9.80 Å². The molecule has 1 fully saturated rings. The number of nitrogens with zero attached hydrogens (tertiary/aromatic N) is 2. The highest BCUT2D eigenvalue weighted by molar-refractivity contribution is 6.04. The summed E-state index contributed by atoms with van der Waals surface area (Å²) in [5.74, 6) is -1.29. The summed E-state index contributed by atoms with van der Waals surface area (Å²) in [7, 11) is 1.74. The van der Waals surface area contributed by atoms with Gasteiger partial charge in [0.05, 0.1) is 11.1 Å². The number of hydrogen-bond donors (Lipinski definition) is 1. The Morgan fingerprint density at radius 3 is 2.62 bits per heavy atom. The maximum absolute atomic E-state index is 12.5. The molecular weight excluding hydrogens is 268 g/mol. The zero-order chi connectivity index (χ0) is 15.4. The van der Waals surface area contributed by atoms with Gasteiger partial charge in [0.2, 0.25) is 0 Å². The summed E-state index contributed by atoms with van der Waals surface area (Å²) in [6, 6.07) is 6.75. The van der Waals surface area contributed by atoms with Crippen LogP contribution in [0.4, 0.5) is 0 Å². The number of aromatic carboxylic acids is 1. The molecule has 1 aromatic carbocycles. The van der Waals surface area contributed by atoms with Crippen LogP contribution in [0.15, 0.2) is 24.3 Å². The Morgan fingerprint density at radius 1 is 1.33 bits per heavy atom. The standard InChI is InChI=1S/C16H22N2O3/c1-3-18-10-6-7-12(18)11-17(2)15(19)13-8-4-5-9-14(13)16(20)21/h4-5,8-9,12H,3,6-7,10-11H2,1-2H3,(H,20,21). The van der Waals surface area contributed by atoms with Gasteiger partial charge < -0.3 is 10.0 Å². The molecule has 1 atom stereocenters. The van der Waals surface area contributed by atoms with Crippen molar-refractivity contribution in [2.24, 2.45) is 0 Å². The number of amides is 1. The first kappa shape index (κ1) is 15.5. The molecular formula is C16H22N2O3. The van der Waals surface area contributed by atoms with Crippen LogP contribution in [0.3, 0.4) is 0 Å². The number of carbonyl (C=O) groups excluding carboxylic acids is 1. The lowest BCUT2D eigenvalue weighted by Gasteiger charge is -2.28. The lowest BCUT2D eigenvalue weighted by Crippen LogP contribution is -2.41. The van der Waals surface area contributed by atoms with Crippen LogP contribution in [-0.2, 0) is 0 Å². The van der Waals surface area contributed by atoms with Gasteiger partial charge in [0.25, 0.3) is 5.91 Å². The molecule has 1 aliphatic heterocycles. The first-order valence-corrected chi connectivity index (χ1v) is 7.36. The van der Waals surface area contributed by atoms with Crippen LogP contribution in [0.1, 0.15) is 40.5 Å². The number of rotatable bonds is 5. The average molecular weight is 290 g/mol. The van der Waals surface area contributed by atoms with Gasteiger partial charge >= 0.3 is 5.97 Å². The van der Waals surface area contributed by atoms with Gasteiger partial charge in [-0.1, -0.05) is 19.1 Å². The van der Waals surface area contributed by atoms with E-state index in [0.717, 1.165) is 25.9 Å². The number of benzene rings is 1. The summed E-state index contributed by atoms with van der Waals surface area (Å²) in [5, 5.41) is 9.18. The highest BCUT2D eigenvalue weighted by Gasteiger charge is 2.27. The summed E-state index contributed by atoms with van der Waals surface area (Å²) < 4.78 is 0. The first-order valence-electron chi connectivity index (χ1n) is 7.36. The molecule has 1 N–H and O–H groups in total. The molecule has 21 heavy (non-hydrogen) atoms. The molecule has 0 aliphatic carbocycles. The maximum atomic E-state index is 12.5. The molecule has 1 saturated heterocycles. The Morgan fingerprint density at radius 2 is 2.00 bits per heavy atom. The van der Waals surface area contributed by atoms with E-state index < -0.39 is 5.97 Å². The van der Waals surface area contributed by atoms with Crippen molar-refractivity contribution in [2.75, 3.05) is 26.7 Å². The number of hydrogen-bond acceptors (Lipinski definition) is 3. The number of carbonyl (C=O) groups is 2. The van der Waals surface area contributed by atoms with Gasteiger partial charge in [-0.15, -0.1) is 0 Å². The third-order valence-electron chi connectivity index (χ3n) is 4.12. The molecule has 0 saturated carbocycles. The molecule has 0 radical (unpaired) electrons. The lowest BCUT2D eigenvalue weighted by atomic mass is 10.1. The number of carboxylic acids is 1. The molecule has 5 nitrogen and oxygen atoms in total. The highest BCUT2D eigenvalue weighted by Crippen LogP contribution is 2.19. The van der Waals surface area contributed by atoms with Gasteiger partial charge in [-0.3, -0.25) is 9.69 Å². The topological polar surface area (TPSA) is 60.9 Å². The van der Waals surface area contributed by atoms with Crippen LogP contribution in [0.2, 0.25) is 0 Å². The summed E-state index contributed by atoms with van der Waals surface area (Å²) in [5.41, 5.74) is 0.321. The number of carboxylic acid groups (broad SMARTS) is 1. The van der Waals surface area contributed by atoms with Crippen molar-refractivity contribution >= 4 is 11.9 Å².